The Morgan fingerprint density at radius 2 is 2.26 bits per heavy atom. The molecule has 0 aliphatic carbocycles. The fraction of sp³-hybridized carbons (Fsp3) is 0.750. The van der Waals surface area contributed by atoms with Gasteiger partial charge in [0.2, 0.25) is 0 Å². The molecule has 2 nitrogen and oxygen atoms in total. The molecular formula is C16H29NOS. The third-order valence-corrected chi connectivity index (χ3v) is 4.95. The minimum Gasteiger partial charge on any atom is -0.243 e. The molecule has 0 amide bonds. The van der Waals surface area contributed by atoms with Crippen molar-refractivity contribution in [1.82, 2.24) is 4.31 Å². The van der Waals surface area contributed by atoms with Gasteiger partial charge in [-0.3, -0.25) is 0 Å². The highest BCUT2D eigenvalue weighted by atomic mass is 32.2. The van der Waals surface area contributed by atoms with Gasteiger partial charge in [-0.15, -0.1) is 0 Å². The molecule has 0 aromatic carbocycles. The molecular weight excluding hydrogens is 254 g/mol. The van der Waals surface area contributed by atoms with Crippen LogP contribution in [-0.4, -0.2) is 27.4 Å². The SMILES string of the molecule is CCC1=CCN([S@@](C)=O)[C@@H]1C[C@@H](C)CCC=C(C)C. The molecule has 3 heteroatoms. The van der Waals surface area contributed by atoms with Crippen LogP contribution in [0.15, 0.2) is 23.3 Å². The number of rotatable bonds is 7. The lowest BCUT2D eigenvalue weighted by Crippen LogP contribution is -2.34. The van der Waals surface area contributed by atoms with Crippen molar-refractivity contribution in [3.63, 3.8) is 0 Å². The molecule has 19 heavy (non-hydrogen) atoms. The minimum absolute atomic E-state index is 0.400. The standard InChI is InChI=1S/C16H29NOS/c1-6-15-10-11-17(19(5)18)16(15)12-14(4)9-7-8-13(2)3/h8,10,14,16H,6-7,9,11-12H2,1-5H3/t14-,16+,19+/m0/s1. The molecule has 0 radical (unpaired) electrons. The Morgan fingerprint density at radius 3 is 2.79 bits per heavy atom. The Kier molecular flexibility index (Phi) is 7.01. The zero-order valence-electron chi connectivity index (χ0n) is 13.1. The van der Waals surface area contributed by atoms with E-state index in [4.69, 9.17) is 0 Å². The van der Waals surface area contributed by atoms with Crippen molar-refractivity contribution >= 4 is 11.0 Å². The van der Waals surface area contributed by atoms with Crippen LogP contribution in [0.1, 0.15) is 53.4 Å². The molecule has 0 unspecified atom stereocenters. The van der Waals surface area contributed by atoms with Gasteiger partial charge in [0.25, 0.3) is 0 Å². The van der Waals surface area contributed by atoms with E-state index >= 15 is 0 Å². The highest BCUT2D eigenvalue weighted by Gasteiger charge is 2.29. The van der Waals surface area contributed by atoms with Gasteiger partial charge in [0.1, 0.15) is 0 Å². The fourth-order valence-corrected chi connectivity index (χ4v) is 3.61. The molecule has 0 aromatic rings. The van der Waals surface area contributed by atoms with Crippen LogP contribution in [0.2, 0.25) is 0 Å². The van der Waals surface area contributed by atoms with Crippen molar-refractivity contribution < 1.29 is 4.21 Å². The molecule has 110 valence electrons. The van der Waals surface area contributed by atoms with E-state index in [-0.39, 0.29) is 0 Å². The van der Waals surface area contributed by atoms with Crippen molar-refractivity contribution in [2.75, 3.05) is 12.8 Å². The normalized spacial score (nSPS) is 23.0. The fourth-order valence-electron chi connectivity index (χ4n) is 2.74. The molecule has 3 atom stereocenters. The zero-order valence-corrected chi connectivity index (χ0v) is 13.9. The van der Waals surface area contributed by atoms with Crippen LogP contribution in [0.25, 0.3) is 0 Å². The van der Waals surface area contributed by atoms with Gasteiger partial charge >= 0.3 is 0 Å². The molecule has 1 aliphatic heterocycles. The molecule has 0 fully saturated rings. The van der Waals surface area contributed by atoms with Gasteiger partial charge in [0.05, 0.1) is 11.0 Å². The molecule has 0 saturated carbocycles. The molecule has 1 rings (SSSR count). The van der Waals surface area contributed by atoms with Crippen molar-refractivity contribution in [2.24, 2.45) is 5.92 Å². The quantitative estimate of drug-likeness (QED) is 0.645. The molecule has 0 spiro atoms. The lowest BCUT2D eigenvalue weighted by atomic mass is 9.92. The third-order valence-electron chi connectivity index (χ3n) is 3.89. The summed E-state index contributed by atoms with van der Waals surface area (Å²) in [5.41, 5.74) is 2.88. The summed E-state index contributed by atoms with van der Waals surface area (Å²) in [5.74, 6) is 0.680. The van der Waals surface area contributed by atoms with Crippen LogP contribution in [0.4, 0.5) is 0 Å². The maximum absolute atomic E-state index is 11.8. The third kappa shape index (κ3) is 5.23. The maximum atomic E-state index is 11.8. The zero-order chi connectivity index (χ0) is 14.4. The Labute approximate surface area is 121 Å². The van der Waals surface area contributed by atoms with Gasteiger partial charge in [-0.1, -0.05) is 37.1 Å². The van der Waals surface area contributed by atoms with Crippen molar-refractivity contribution in [2.45, 2.75) is 59.4 Å². The monoisotopic (exact) mass is 283 g/mol. The van der Waals surface area contributed by atoms with Gasteiger partial charge in [-0.25, -0.2) is 8.51 Å². The molecule has 0 bridgehead atoms. The Bertz CT molecular complexity index is 369. The van der Waals surface area contributed by atoms with E-state index in [2.05, 4.69) is 44.2 Å². The van der Waals surface area contributed by atoms with Crippen molar-refractivity contribution in [3.8, 4) is 0 Å². The number of hydrogen-bond donors (Lipinski definition) is 0. The van der Waals surface area contributed by atoms with E-state index < -0.39 is 11.0 Å². The number of hydrogen-bond acceptors (Lipinski definition) is 1. The summed E-state index contributed by atoms with van der Waals surface area (Å²) in [6.07, 6.45) is 11.0. The van der Waals surface area contributed by atoms with Crippen LogP contribution in [-0.2, 0) is 11.0 Å². The average molecular weight is 283 g/mol. The first-order chi connectivity index (χ1) is 8.95. The first-order valence-electron chi connectivity index (χ1n) is 7.38. The van der Waals surface area contributed by atoms with E-state index in [0.717, 1.165) is 25.8 Å². The summed E-state index contributed by atoms with van der Waals surface area (Å²) < 4.78 is 13.9. The van der Waals surface area contributed by atoms with E-state index in [1.165, 1.54) is 17.6 Å². The van der Waals surface area contributed by atoms with E-state index in [9.17, 15) is 4.21 Å². The lowest BCUT2D eigenvalue weighted by molar-refractivity contribution is 0.347. The smallest absolute Gasteiger partial charge is 0.0919 e. The van der Waals surface area contributed by atoms with Crippen LogP contribution in [0.3, 0.4) is 0 Å². The number of nitrogens with zero attached hydrogens (tertiary/aromatic N) is 1. The second-order valence-corrected chi connectivity index (χ2v) is 7.19. The lowest BCUT2D eigenvalue weighted by Gasteiger charge is -2.27. The second kappa shape index (κ2) is 8.01. The minimum atomic E-state index is -0.853. The Morgan fingerprint density at radius 1 is 1.58 bits per heavy atom. The van der Waals surface area contributed by atoms with Crippen molar-refractivity contribution in [3.05, 3.63) is 23.3 Å². The predicted molar refractivity (Wildman–Crippen MR) is 85.4 cm³/mol. The predicted octanol–water partition coefficient (Wildman–Crippen LogP) is 4.07. The summed E-state index contributed by atoms with van der Waals surface area (Å²) in [6, 6.07) is 0.400. The van der Waals surface area contributed by atoms with Gasteiger partial charge in [-0.05, 0) is 45.4 Å². The molecule has 0 aromatic heterocycles. The van der Waals surface area contributed by atoms with Crippen LogP contribution >= 0.6 is 0 Å². The van der Waals surface area contributed by atoms with Gasteiger partial charge < -0.3 is 0 Å². The first kappa shape index (κ1) is 16.6. The average Bonchev–Trinajstić information content (AvgIpc) is 2.71. The van der Waals surface area contributed by atoms with Crippen LogP contribution in [0, 0.1) is 5.92 Å². The van der Waals surface area contributed by atoms with Crippen LogP contribution < -0.4 is 0 Å². The molecule has 0 saturated heterocycles. The summed E-state index contributed by atoms with van der Waals surface area (Å²) in [6.45, 7) is 9.69. The Balaban J connectivity index is 2.54. The molecule has 0 N–H and O–H groups in total. The summed E-state index contributed by atoms with van der Waals surface area (Å²) >= 11 is 0. The second-order valence-electron chi connectivity index (χ2n) is 5.87. The summed E-state index contributed by atoms with van der Waals surface area (Å²) in [7, 11) is -0.853. The van der Waals surface area contributed by atoms with E-state index in [0.29, 0.717) is 12.0 Å². The van der Waals surface area contributed by atoms with Gasteiger partial charge in [0.15, 0.2) is 0 Å². The number of allylic oxidation sites excluding steroid dienone is 2. The van der Waals surface area contributed by atoms with Crippen molar-refractivity contribution in [1.29, 1.82) is 0 Å². The van der Waals surface area contributed by atoms with Crippen LogP contribution in [0.5, 0.6) is 0 Å². The highest BCUT2D eigenvalue weighted by Crippen LogP contribution is 2.29. The first-order valence-corrected chi connectivity index (χ1v) is 8.89. The van der Waals surface area contributed by atoms with E-state index in [1.807, 2.05) is 0 Å². The summed E-state index contributed by atoms with van der Waals surface area (Å²) in [5, 5.41) is 0. The maximum Gasteiger partial charge on any atom is 0.0919 e. The highest BCUT2D eigenvalue weighted by molar-refractivity contribution is 7.81. The molecule has 1 heterocycles. The summed E-state index contributed by atoms with van der Waals surface area (Å²) in [4.78, 5) is 0. The Hall–Kier alpha value is -0.410. The van der Waals surface area contributed by atoms with Gasteiger partial charge in [0, 0.05) is 18.8 Å². The van der Waals surface area contributed by atoms with Gasteiger partial charge in [-0.2, -0.15) is 0 Å². The topological polar surface area (TPSA) is 20.3 Å². The largest absolute Gasteiger partial charge is 0.243 e. The molecule has 1 aliphatic rings. The van der Waals surface area contributed by atoms with E-state index in [1.54, 1.807) is 6.26 Å².